The van der Waals surface area contributed by atoms with Gasteiger partial charge in [-0.3, -0.25) is 4.79 Å². The molecule has 1 amide bonds. The number of hydrogen-bond acceptors (Lipinski definition) is 3. The predicted molar refractivity (Wildman–Crippen MR) is 73.9 cm³/mol. The normalized spacial score (nSPS) is 9.95. The Morgan fingerprint density at radius 3 is 2.15 bits per heavy atom. The second-order valence-electron chi connectivity index (χ2n) is 3.97. The van der Waals surface area contributed by atoms with Crippen molar-refractivity contribution in [3.8, 4) is 11.5 Å². The number of carbonyl (C=O) groups is 1. The Morgan fingerprint density at radius 1 is 1.00 bits per heavy atom. The molecule has 0 unspecified atom stereocenters. The lowest BCUT2D eigenvalue weighted by Crippen LogP contribution is -2.15. The predicted octanol–water partition coefficient (Wildman–Crippen LogP) is 3.10. The van der Waals surface area contributed by atoms with Crippen LogP contribution in [-0.4, -0.2) is 20.1 Å². The van der Waals surface area contributed by atoms with Gasteiger partial charge in [0, 0.05) is 0 Å². The van der Waals surface area contributed by atoms with Crippen LogP contribution < -0.4 is 14.8 Å². The zero-order chi connectivity index (χ0) is 14.5. The van der Waals surface area contributed by atoms with Crippen molar-refractivity contribution in [2.24, 2.45) is 0 Å². The van der Waals surface area contributed by atoms with Gasteiger partial charge in [-0.15, -0.1) is 0 Å². The Labute approximate surface area is 116 Å². The van der Waals surface area contributed by atoms with Gasteiger partial charge in [-0.2, -0.15) is 0 Å². The van der Waals surface area contributed by atoms with Crippen LogP contribution in [0.3, 0.4) is 0 Å². The van der Waals surface area contributed by atoms with Gasteiger partial charge in [0.2, 0.25) is 0 Å². The quantitative estimate of drug-likeness (QED) is 0.932. The van der Waals surface area contributed by atoms with E-state index in [-0.39, 0.29) is 11.3 Å². The van der Waals surface area contributed by atoms with Crippen LogP contribution in [0.2, 0.25) is 0 Å². The summed E-state index contributed by atoms with van der Waals surface area (Å²) in [5.74, 6) is -0.282. The fraction of sp³-hybridized carbons (Fsp3) is 0.133. The highest BCUT2D eigenvalue weighted by Crippen LogP contribution is 2.29. The fourth-order valence-corrected chi connectivity index (χ4v) is 1.82. The lowest BCUT2D eigenvalue weighted by Gasteiger charge is -2.13. The lowest BCUT2D eigenvalue weighted by atomic mass is 10.1. The SMILES string of the molecule is COc1cccc(OC)c1C(=O)Nc1ccccc1F. The summed E-state index contributed by atoms with van der Waals surface area (Å²) in [5.41, 5.74) is 0.325. The van der Waals surface area contributed by atoms with Crippen LogP contribution in [0.25, 0.3) is 0 Å². The third kappa shape index (κ3) is 2.71. The first-order valence-electron chi connectivity index (χ1n) is 5.94. The molecule has 0 bridgehead atoms. The van der Waals surface area contributed by atoms with E-state index in [9.17, 15) is 9.18 Å². The van der Waals surface area contributed by atoms with Gasteiger partial charge < -0.3 is 14.8 Å². The van der Waals surface area contributed by atoms with E-state index >= 15 is 0 Å². The molecule has 0 aliphatic heterocycles. The number of benzene rings is 2. The maximum Gasteiger partial charge on any atom is 0.263 e. The van der Waals surface area contributed by atoms with Crippen LogP contribution >= 0.6 is 0 Å². The molecule has 0 fully saturated rings. The average Bonchev–Trinajstić information content (AvgIpc) is 2.48. The molecule has 5 heteroatoms. The molecular formula is C15H14FNO3. The zero-order valence-electron chi connectivity index (χ0n) is 11.1. The molecule has 0 aliphatic carbocycles. The van der Waals surface area contributed by atoms with Crippen LogP contribution in [0, 0.1) is 5.82 Å². The molecule has 1 N–H and O–H groups in total. The molecule has 0 spiro atoms. The fourth-order valence-electron chi connectivity index (χ4n) is 1.82. The van der Waals surface area contributed by atoms with Crippen molar-refractivity contribution < 1.29 is 18.7 Å². The Morgan fingerprint density at radius 2 is 1.60 bits per heavy atom. The number of methoxy groups -OCH3 is 2. The molecule has 20 heavy (non-hydrogen) atoms. The van der Waals surface area contributed by atoms with E-state index in [1.807, 2.05) is 0 Å². The van der Waals surface area contributed by atoms with Gasteiger partial charge in [-0.1, -0.05) is 18.2 Å². The highest BCUT2D eigenvalue weighted by Gasteiger charge is 2.19. The van der Waals surface area contributed by atoms with Crippen LogP contribution in [0.1, 0.15) is 10.4 Å². The third-order valence-electron chi connectivity index (χ3n) is 2.78. The number of nitrogens with one attached hydrogen (secondary N) is 1. The summed E-state index contributed by atoms with van der Waals surface area (Å²) in [6.45, 7) is 0. The van der Waals surface area contributed by atoms with Crippen molar-refractivity contribution in [1.82, 2.24) is 0 Å². The van der Waals surface area contributed by atoms with Crippen molar-refractivity contribution in [3.63, 3.8) is 0 Å². The minimum absolute atomic E-state index is 0.102. The van der Waals surface area contributed by atoms with E-state index < -0.39 is 11.7 Å². The Balaban J connectivity index is 2.36. The first-order chi connectivity index (χ1) is 9.67. The number of carbonyl (C=O) groups excluding carboxylic acids is 1. The molecule has 2 aromatic rings. The van der Waals surface area contributed by atoms with Crippen molar-refractivity contribution in [2.75, 3.05) is 19.5 Å². The van der Waals surface area contributed by atoms with Crippen LogP contribution in [0.15, 0.2) is 42.5 Å². The van der Waals surface area contributed by atoms with Crippen LogP contribution in [0.4, 0.5) is 10.1 Å². The van der Waals surface area contributed by atoms with Gasteiger partial charge in [0.05, 0.1) is 19.9 Å². The lowest BCUT2D eigenvalue weighted by molar-refractivity contribution is 0.102. The molecule has 2 aromatic carbocycles. The first kappa shape index (κ1) is 13.9. The molecule has 0 saturated heterocycles. The third-order valence-corrected chi connectivity index (χ3v) is 2.78. The Kier molecular flexibility index (Phi) is 4.20. The molecule has 0 heterocycles. The highest BCUT2D eigenvalue weighted by atomic mass is 19.1. The number of halogens is 1. The van der Waals surface area contributed by atoms with Crippen molar-refractivity contribution >= 4 is 11.6 Å². The average molecular weight is 275 g/mol. The number of para-hydroxylation sites is 1. The van der Waals surface area contributed by atoms with Gasteiger partial charge >= 0.3 is 0 Å². The summed E-state index contributed by atoms with van der Waals surface area (Å²) in [5, 5.41) is 2.50. The highest BCUT2D eigenvalue weighted by molar-refractivity contribution is 6.08. The van der Waals surface area contributed by atoms with E-state index in [4.69, 9.17) is 9.47 Å². The molecule has 0 atom stereocenters. The zero-order valence-corrected chi connectivity index (χ0v) is 11.1. The summed E-state index contributed by atoms with van der Waals surface area (Å²) in [4.78, 5) is 12.3. The van der Waals surface area contributed by atoms with Crippen molar-refractivity contribution in [1.29, 1.82) is 0 Å². The maximum atomic E-state index is 13.6. The summed E-state index contributed by atoms with van der Waals surface area (Å²) in [6.07, 6.45) is 0. The summed E-state index contributed by atoms with van der Waals surface area (Å²) in [7, 11) is 2.91. The van der Waals surface area contributed by atoms with E-state index in [2.05, 4.69) is 5.32 Å². The minimum Gasteiger partial charge on any atom is -0.496 e. The van der Waals surface area contributed by atoms with Crippen molar-refractivity contribution in [3.05, 3.63) is 53.8 Å². The topological polar surface area (TPSA) is 47.6 Å². The second-order valence-corrected chi connectivity index (χ2v) is 3.97. The molecule has 104 valence electrons. The number of amides is 1. The van der Waals surface area contributed by atoms with E-state index in [0.717, 1.165) is 0 Å². The molecule has 0 saturated carbocycles. The number of ether oxygens (including phenoxy) is 2. The molecule has 0 aromatic heterocycles. The largest absolute Gasteiger partial charge is 0.496 e. The molecule has 0 radical (unpaired) electrons. The van der Waals surface area contributed by atoms with Gasteiger partial charge in [0.25, 0.3) is 5.91 Å². The first-order valence-corrected chi connectivity index (χ1v) is 5.94. The smallest absolute Gasteiger partial charge is 0.263 e. The Bertz CT molecular complexity index is 606. The van der Waals surface area contributed by atoms with E-state index in [0.29, 0.717) is 11.5 Å². The summed E-state index contributed by atoms with van der Waals surface area (Å²) in [6, 6.07) is 10.9. The number of anilines is 1. The van der Waals surface area contributed by atoms with Crippen molar-refractivity contribution in [2.45, 2.75) is 0 Å². The number of rotatable bonds is 4. The summed E-state index contributed by atoms with van der Waals surface area (Å²) < 4.78 is 23.8. The van der Waals surface area contributed by atoms with Crippen LogP contribution in [-0.2, 0) is 0 Å². The van der Waals surface area contributed by atoms with Crippen LogP contribution in [0.5, 0.6) is 11.5 Å². The van der Waals surface area contributed by atoms with Gasteiger partial charge in [-0.05, 0) is 24.3 Å². The van der Waals surface area contributed by atoms with E-state index in [1.165, 1.54) is 26.4 Å². The number of hydrogen-bond donors (Lipinski definition) is 1. The summed E-state index contributed by atoms with van der Waals surface area (Å²) >= 11 is 0. The van der Waals surface area contributed by atoms with Gasteiger partial charge in [0.15, 0.2) is 0 Å². The minimum atomic E-state index is -0.505. The van der Waals surface area contributed by atoms with E-state index in [1.54, 1.807) is 30.3 Å². The molecule has 2 rings (SSSR count). The molecule has 4 nitrogen and oxygen atoms in total. The van der Waals surface area contributed by atoms with Gasteiger partial charge in [-0.25, -0.2) is 4.39 Å². The van der Waals surface area contributed by atoms with Gasteiger partial charge in [0.1, 0.15) is 22.9 Å². The molecular weight excluding hydrogens is 261 g/mol. The molecule has 0 aliphatic rings. The monoisotopic (exact) mass is 275 g/mol. The second kappa shape index (κ2) is 6.06. The maximum absolute atomic E-state index is 13.6. The standard InChI is InChI=1S/C15H14FNO3/c1-19-12-8-5-9-13(20-2)14(12)15(18)17-11-7-4-3-6-10(11)16/h3-9H,1-2H3,(H,17,18). The Hall–Kier alpha value is -2.56.